The highest BCUT2D eigenvalue weighted by atomic mass is 16.6. The topological polar surface area (TPSA) is 89.8 Å². The SMILES string of the molecule is Cc1ccc2/c(=N/OC(C)C(=O)O)c3ccccc3n(CCCN)c2c1C. The van der Waals surface area contributed by atoms with Crippen LogP contribution in [0.15, 0.2) is 41.6 Å². The number of aryl methyl sites for hydroxylation is 3. The van der Waals surface area contributed by atoms with Gasteiger partial charge in [0, 0.05) is 17.3 Å². The van der Waals surface area contributed by atoms with Gasteiger partial charge in [0.1, 0.15) is 5.36 Å². The zero-order valence-electron chi connectivity index (χ0n) is 15.9. The number of fused-ring (bicyclic) bond motifs is 2. The van der Waals surface area contributed by atoms with Crippen LogP contribution >= 0.6 is 0 Å². The largest absolute Gasteiger partial charge is 0.478 e. The van der Waals surface area contributed by atoms with Crippen molar-refractivity contribution in [3.63, 3.8) is 0 Å². The molecule has 1 aromatic heterocycles. The maximum atomic E-state index is 11.1. The van der Waals surface area contributed by atoms with Crippen molar-refractivity contribution in [1.82, 2.24) is 4.57 Å². The summed E-state index contributed by atoms with van der Waals surface area (Å²) in [5, 5.41) is 15.9. The molecule has 0 amide bonds. The molecule has 1 unspecified atom stereocenters. The minimum Gasteiger partial charge on any atom is -0.478 e. The van der Waals surface area contributed by atoms with E-state index in [4.69, 9.17) is 15.7 Å². The van der Waals surface area contributed by atoms with Gasteiger partial charge >= 0.3 is 5.97 Å². The van der Waals surface area contributed by atoms with Crippen molar-refractivity contribution >= 4 is 27.8 Å². The van der Waals surface area contributed by atoms with Gasteiger partial charge in [0.05, 0.1) is 11.0 Å². The van der Waals surface area contributed by atoms with Gasteiger partial charge in [-0.1, -0.05) is 35.5 Å². The molecule has 142 valence electrons. The number of hydrogen-bond donors (Lipinski definition) is 2. The number of carboxylic acid groups (broad SMARTS) is 1. The molecule has 27 heavy (non-hydrogen) atoms. The molecule has 0 spiro atoms. The summed E-state index contributed by atoms with van der Waals surface area (Å²) in [4.78, 5) is 16.4. The summed E-state index contributed by atoms with van der Waals surface area (Å²) in [5.74, 6) is -1.05. The van der Waals surface area contributed by atoms with Crippen molar-refractivity contribution in [2.24, 2.45) is 10.9 Å². The molecule has 6 heteroatoms. The van der Waals surface area contributed by atoms with Crippen LogP contribution in [0.3, 0.4) is 0 Å². The van der Waals surface area contributed by atoms with Crippen molar-refractivity contribution in [2.45, 2.75) is 39.8 Å². The number of aromatic nitrogens is 1. The summed E-state index contributed by atoms with van der Waals surface area (Å²) in [7, 11) is 0. The summed E-state index contributed by atoms with van der Waals surface area (Å²) in [6.07, 6.45) is -0.157. The van der Waals surface area contributed by atoms with Crippen LogP contribution in [0.2, 0.25) is 0 Å². The summed E-state index contributed by atoms with van der Waals surface area (Å²) in [6, 6.07) is 12.0. The number of rotatable bonds is 6. The van der Waals surface area contributed by atoms with Gasteiger partial charge in [0.2, 0.25) is 6.10 Å². The molecule has 0 aliphatic rings. The van der Waals surface area contributed by atoms with E-state index in [-0.39, 0.29) is 0 Å². The zero-order chi connectivity index (χ0) is 19.6. The number of pyridine rings is 1. The Morgan fingerprint density at radius 3 is 2.67 bits per heavy atom. The van der Waals surface area contributed by atoms with E-state index in [1.807, 2.05) is 30.3 Å². The fourth-order valence-corrected chi connectivity index (χ4v) is 3.27. The first-order valence-electron chi connectivity index (χ1n) is 9.10. The standard InChI is InChI=1S/C21H25N3O3/c1-13-9-10-17-19(23-27-15(3)21(25)26)16-7-4-5-8-18(16)24(12-6-11-22)20(17)14(13)2/h4-5,7-10,15H,6,11-12,22H2,1-3H3,(H,25,26)/b23-19+. The third kappa shape index (κ3) is 3.53. The van der Waals surface area contributed by atoms with E-state index in [0.717, 1.165) is 40.3 Å². The van der Waals surface area contributed by atoms with Crippen LogP contribution < -0.4 is 11.1 Å². The molecule has 0 saturated carbocycles. The molecular formula is C21H25N3O3. The Balaban J connectivity index is 2.42. The van der Waals surface area contributed by atoms with Gasteiger partial charge in [-0.3, -0.25) is 0 Å². The van der Waals surface area contributed by atoms with Crippen molar-refractivity contribution in [2.75, 3.05) is 6.54 Å². The quantitative estimate of drug-likeness (QED) is 0.517. The van der Waals surface area contributed by atoms with Crippen LogP contribution in [-0.4, -0.2) is 28.3 Å². The van der Waals surface area contributed by atoms with E-state index in [1.165, 1.54) is 12.5 Å². The molecule has 3 aromatic rings. The number of hydrogen-bond acceptors (Lipinski definition) is 4. The van der Waals surface area contributed by atoms with Crippen LogP contribution in [0.5, 0.6) is 0 Å². The summed E-state index contributed by atoms with van der Waals surface area (Å²) in [5.41, 5.74) is 10.2. The molecule has 0 radical (unpaired) electrons. The fraction of sp³-hybridized carbons (Fsp3) is 0.333. The van der Waals surface area contributed by atoms with Crippen LogP contribution in [-0.2, 0) is 16.2 Å². The average molecular weight is 367 g/mol. The Kier molecular flexibility index (Phi) is 5.46. The molecule has 6 nitrogen and oxygen atoms in total. The van der Waals surface area contributed by atoms with Gasteiger partial charge in [-0.05, 0) is 50.9 Å². The summed E-state index contributed by atoms with van der Waals surface area (Å²) >= 11 is 0. The molecule has 1 atom stereocenters. The fourth-order valence-electron chi connectivity index (χ4n) is 3.27. The minimum absolute atomic E-state index is 0.610. The third-order valence-corrected chi connectivity index (χ3v) is 4.91. The highest BCUT2D eigenvalue weighted by Crippen LogP contribution is 2.25. The monoisotopic (exact) mass is 367 g/mol. The highest BCUT2D eigenvalue weighted by Gasteiger charge is 2.15. The van der Waals surface area contributed by atoms with Crippen LogP contribution in [0.4, 0.5) is 0 Å². The van der Waals surface area contributed by atoms with Crippen molar-refractivity contribution < 1.29 is 14.7 Å². The first kappa shape index (κ1) is 18.9. The number of benzene rings is 2. The molecule has 1 heterocycles. The molecule has 0 fully saturated rings. The van der Waals surface area contributed by atoms with E-state index < -0.39 is 12.1 Å². The maximum absolute atomic E-state index is 11.1. The van der Waals surface area contributed by atoms with Gasteiger partial charge in [0.25, 0.3) is 0 Å². The lowest BCUT2D eigenvalue weighted by molar-refractivity contribution is -0.149. The van der Waals surface area contributed by atoms with Gasteiger partial charge in [0.15, 0.2) is 0 Å². The lowest BCUT2D eigenvalue weighted by Crippen LogP contribution is -2.20. The molecule has 3 rings (SSSR count). The predicted octanol–water partition coefficient (Wildman–Crippen LogP) is 3.07. The van der Waals surface area contributed by atoms with Crippen molar-refractivity contribution in [1.29, 1.82) is 0 Å². The minimum atomic E-state index is -1.05. The normalized spacial score (nSPS) is 13.3. The summed E-state index contributed by atoms with van der Waals surface area (Å²) in [6.45, 7) is 7.05. The van der Waals surface area contributed by atoms with E-state index in [1.54, 1.807) is 0 Å². The van der Waals surface area contributed by atoms with Crippen LogP contribution in [0.1, 0.15) is 24.5 Å². The Labute approximate surface area is 157 Å². The number of nitrogens with two attached hydrogens (primary N) is 1. The lowest BCUT2D eigenvalue weighted by Gasteiger charge is -2.19. The first-order valence-corrected chi connectivity index (χ1v) is 9.10. The Hall–Kier alpha value is -2.86. The number of carboxylic acids is 1. The van der Waals surface area contributed by atoms with Crippen LogP contribution in [0.25, 0.3) is 21.8 Å². The van der Waals surface area contributed by atoms with Crippen molar-refractivity contribution in [3.05, 3.63) is 52.9 Å². The second-order valence-corrected chi connectivity index (χ2v) is 6.74. The Morgan fingerprint density at radius 1 is 1.22 bits per heavy atom. The van der Waals surface area contributed by atoms with Crippen LogP contribution in [0, 0.1) is 13.8 Å². The molecule has 3 N–H and O–H groups in total. The van der Waals surface area contributed by atoms with Gasteiger partial charge in [-0.15, -0.1) is 0 Å². The van der Waals surface area contributed by atoms with Gasteiger partial charge in [-0.25, -0.2) is 4.79 Å². The van der Waals surface area contributed by atoms with E-state index in [0.29, 0.717) is 11.9 Å². The smallest absolute Gasteiger partial charge is 0.347 e. The highest BCUT2D eigenvalue weighted by molar-refractivity contribution is 5.95. The molecule has 0 aliphatic carbocycles. The second kappa shape index (κ2) is 7.80. The van der Waals surface area contributed by atoms with E-state index in [9.17, 15) is 4.79 Å². The molecular weight excluding hydrogens is 342 g/mol. The molecule has 0 bridgehead atoms. The molecule has 2 aromatic carbocycles. The maximum Gasteiger partial charge on any atom is 0.347 e. The summed E-state index contributed by atoms with van der Waals surface area (Å²) < 4.78 is 2.28. The predicted molar refractivity (Wildman–Crippen MR) is 106 cm³/mol. The Morgan fingerprint density at radius 2 is 1.96 bits per heavy atom. The van der Waals surface area contributed by atoms with Gasteiger partial charge in [-0.2, -0.15) is 0 Å². The second-order valence-electron chi connectivity index (χ2n) is 6.74. The van der Waals surface area contributed by atoms with Crippen molar-refractivity contribution in [3.8, 4) is 0 Å². The third-order valence-electron chi connectivity index (χ3n) is 4.91. The Bertz CT molecular complexity index is 1070. The number of aliphatic carboxylic acids is 1. The lowest BCUT2D eigenvalue weighted by atomic mass is 10.0. The number of nitrogens with zero attached hydrogens (tertiary/aromatic N) is 2. The van der Waals surface area contributed by atoms with E-state index in [2.05, 4.69) is 29.6 Å². The molecule has 0 aliphatic heterocycles. The average Bonchev–Trinajstić information content (AvgIpc) is 2.67. The van der Waals surface area contributed by atoms with E-state index >= 15 is 0 Å². The number of para-hydroxylation sites is 1. The molecule has 0 saturated heterocycles. The zero-order valence-corrected chi connectivity index (χ0v) is 15.9. The van der Waals surface area contributed by atoms with Gasteiger partial charge < -0.3 is 20.2 Å². The first-order chi connectivity index (χ1) is 13.0. The number of carbonyl (C=O) groups is 1.